The van der Waals surface area contributed by atoms with E-state index in [9.17, 15) is 19.5 Å². The number of rotatable bonds is 3. The first-order valence-electron chi connectivity index (χ1n) is 6.70. The molecule has 2 N–H and O–H groups in total. The fraction of sp³-hybridized carbons (Fsp3) is 0.500. The molecule has 2 unspecified atom stereocenters. The summed E-state index contributed by atoms with van der Waals surface area (Å²) in [4.78, 5) is 34.2. The minimum Gasteiger partial charge on any atom is -0.481 e. The number of carbonyl (C=O) groups excluding carboxylic acids is 1. The quantitative estimate of drug-likeness (QED) is 0.815. The van der Waals surface area contributed by atoms with E-state index < -0.39 is 23.4 Å². The minimum absolute atomic E-state index is 0.220. The Morgan fingerprint density at radius 2 is 1.95 bits per heavy atom. The average Bonchev–Trinajstić information content (AvgIpc) is 2.65. The molecule has 1 aliphatic rings. The molecular weight excluding hydrogens is 262 g/mol. The molecule has 0 spiro atoms. The Hall–Kier alpha value is -2.11. The van der Waals surface area contributed by atoms with Crippen LogP contribution in [0.2, 0.25) is 0 Å². The lowest BCUT2D eigenvalue weighted by molar-refractivity contribution is -0.142. The molecule has 1 aliphatic carbocycles. The van der Waals surface area contributed by atoms with Crippen molar-refractivity contribution in [2.24, 2.45) is 5.92 Å². The van der Waals surface area contributed by atoms with Gasteiger partial charge in [0.2, 0.25) is 0 Å². The van der Waals surface area contributed by atoms with Gasteiger partial charge in [-0.2, -0.15) is 0 Å². The fourth-order valence-corrected chi connectivity index (χ4v) is 2.51. The molecule has 2 atom stereocenters. The van der Waals surface area contributed by atoms with E-state index in [0.717, 1.165) is 31.6 Å². The molecule has 0 aromatic carbocycles. The predicted molar refractivity (Wildman–Crippen MR) is 70.4 cm³/mol. The minimum atomic E-state index is -0.878. The molecule has 0 aliphatic heterocycles. The highest BCUT2D eigenvalue weighted by Crippen LogP contribution is 2.24. The molecule has 6 heteroatoms. The molecular formula is C14H17NO5. The summed E-state index contributed by atoms with van der Waals surface area (Å²) in [5.41, 5.74) is -0.308. The first kappa shape index (κ1) is 14.3. The SMILES string of the molecule is O=C(NC1CCCCCC1C(=O)O)c1ccc(=O)oc1. The molecule has 1 aromatic rings. The van der Waals surface area contributed by atoms with Crippen LogP contribution in [0.25, 0.3) is 0 Å². The molecule has 1 aromatic heterocycles. The maximum Gasteiger partial charge on any atom is 0.335 e. The number of hydrogen-bond acceptors (Lipinski definition) is 4. The van der Waals surface area contributed by atoms with Crippen LogP contribution in [0.4, 0.5) is 0 Å². The lowest BCUT2D eigenvalue weighted by atomic mass is 9.94. The molecule has 2 rings (SSSR count). The van der Waals surface area contributed by atoms with Crippen LogP contribution in [0.3, 0.4) is 0 Å². The molecule has 0 bridgehead atoms. The van der Waals surface area contributed by atoms with Crippen molar-refractivity contribution in [3.05, 3.63) is 34.4 Å². The van der Waals surface area contributed by atoms with Crippen molar-refractivity contribution in [1.82, 2.24) is 5.32 Å². The van der Waals surface area contributed by atoms with E-state index in [1.807, 2.05) is 0 Å². The third kappa shape index (κ3) is 3.46. The molecule has 1 amide bonds. The van der Waals surface area contributed by atoms with Crippen molar-refractivity contribution in [1.29, 1.82) is 0 Å². The van der Waals surface area contributed by atoms with Gasteiger partial charge in [-0.1, -0.05) is 19.3 Å². The van der Waals surface area contributed by atoms with Gasteiger partial charge in [-0.25, -0.2) is 4.79 Å². The van der Waals surface area contributed by atoms with E-state index in [0.29, 0.717) is 12.8 Å². The van der Waals surface area contributed by atoms with Gasteiger partial charge in [-0.15, -0.1) is 0 Å². The molecule has 108 valence electrons. The van der Waals surface area contributed by atoms with Crippen LogP contribution in [0.15, 0.2) is 27.6 Å². The Balaban J connectivity index is 2.09. The standard InChI is InChI=1S/C14H17NO5/c16-12-7-6-9(8-20-12)13(17)15-11-5-3-1-2-4-10(11)14(18)19/h6-8,10-11H,1-5H2,(H,15,17)(H,18,19). The third-order valence-corrected chi connectivity index (χ3v) is 3.61. The lowest BCUT2D eigenvalue weighted by Crippen LogP contribution is -2.42. The van der Waals surface area contributed by atoms with Crippen molar-refractivity contribution in [3.63, 3.8) is 0 Å². The van der Waals surface area contributed by atoms with Crippen LogP contribution in [0.1, 0.15) is 42.5 Å². The Labute approximate surface area is 115 Å². The summed E-state index contributed by atoms with van der Waals surface area (Å²) in [5, 5.41) is 12.0. The van der Waals surface area contributed by atoms with Gasteiger partial charge in [0.25, 0.3) is 5.91 Å². The summed E-state index contributed by atoms with van der Waals surface area (Å²) >= 11 is 0. The Morgan fingerprint density at radius 3 is 2.60 bits per heavy atom. The molecule has 6 nitrogen and oxygen atoms in total. The molecule has 0 radical (unpaired) electrons. The van der Waals surface area contributed by atoms with Crippen molar-refractivity contribution in [2.45, 2.75) is 38.1 Å². The van der Waals surface area contributed by atoms with Gasteiger partial charge in [0.05, 0.1) is 11.5 Å². The van der Waals surface area contributed by atoms with Gasteiger partial charge < -0.3 is 14.8 Å². The highest BCUT2D eigenvalue weighted by Gasteiger charge is 2.30. The second-order valence-corrected chi connectivity index (χ2v) is 5.01. The normalized spacial score (nSPS) is 22.8. The predicted octanol–water partition coefficient (Wildman–Crippen LogP) is 1.40. The van der Waals surface area contributed by atoms with E-state index >= 15 is 0 Å². The summed E-state index contributed by atoms with van der Waals surface area (Å²) < 4.78 is 4.63. The number of carboxylic acid groups (broad SMARTS) is 1. The van der Waals surface area contributed by atoms with Gasteiger partial charge in [0.1, 0.15) is 6.26 Å². The monoisotopic (exact) mass is 279 g/mol. The summed E-state index contributed by atoms with van der Waals surface area (Å²) in [7, 11) is 0. The third-order valence-electron chi connectivity index (χ3n) is 3.61. The number of nitrogens with one attached hydrogen (secondary N) is 1. The first-order chi connectivity index (χ1) is 9.58. The number of carbonyl (C=O) groups is 2. The Kier molecular flexibility index (Phi) is 4.55. The maximum absolute atomic E-state index is 12.0. The smallest absolute Gasteiger partial charge is 0.335 e. The highest BCUT2D eigenvalue weighted by molar-refractivity contribution is 5.94. The molecule has 20 heavy (non-hydrogen) atoms. The van der Waals surface area contributed by atoms with Gasteiger partial charge in [0.15, 0.2) is 0 Å². The average molecular weight is 279 g/mol. The Bertz CT molecular complexity index is 530. The van der Waals surface area contributed by atoms with Crippen LogP contribution in [0.5, 0.6) is 0 Å². The number of hydrogen-bond donors (Lipinski definition) is 2. The van der Waals surface area contributed by atoms with E-state index in [1.165, 1.54) is 6.07 Å². The van der Waals surface area contributed by atoms with Crippen molar-refractivity contribution < 1.29 is 19.1 Å². The second-order valence-electron chi connectivity index (χ2n) is 5.01. The number of amides is 1. The van der Waals surface area contributed by atoms with Crippen LogP contribution in [0, 0.1) is 5.92 Å². The molecule has 1 heterocycles. The summed E-state index contributed by atoms with van der Waals surface area (Å²) in [5.74, 6) is -1.85. The van der Waals surface area contributed by atoms with Crippen molar-refractivity contribution >= 4 is 11.9 Å². The second kappa shape index (κ2) is 6.36. The van der Waals surface area contributed by atoms with E-state index in [-0.39, 0.29) is 11.6 Å². The van der Waals surface area contributed by atoms with Gasteiger partial charge in [-0.3, -0.25) is 9.59 Å². The topological polar surface area (TPSA) is 96.6 Å². The lowest BCUT2D eigenvalue weighted by Gasteiger charge is -2.22. The van der Waals surface area contributed by atoms with Crippen LogP contribution < -0.4 is 10.9 Å². The zero-order valence-corrected chi connectivity index (χ0v) is 11.0. The van der Waals surface area contributed by atoms with E-state index in [4.69, 9.17) is 0 Å². The van der Waals surface area contributed by atoms with Crippen LogP contribution in [-0.4, -0.2) is 23.0 Å². The Morgan fingerprint density at radius 1 is 1.20 bits per heavy atom. The number of carboxylic acids is 1. The zero-order valence-electron chi connectivity index (χ0n) is 11.0. The molecule has 1 fully saturated rings. The van der Waals surface area contributed by atoms with Crippen LogP contribution >= 0.6 is 0 Å². The van der Waals surface area contributed by atoms with Crippen molar-refractivity contribution in [2.75, 3.05) is 0 Å². The summed E-state index contributed by atoms with van der Waals surface area (Å²) in [6.07, 6.45) is 5.06. The van der Waals surface area contributed by atoms with Gasteiger partial charge in [-0.05, 0) is 18.9 Å². The number of aliphatic carboxylic acids is 1. The van der Waals surface area contributed by atoms with Crippen molar-refractivity contribution in [3.8, 4) is 0 Å². The van der Waals surface area contributed by atoms with E-state index in [1.54, 1.807) is 0 Å². The summed E-state index contributed by atoms with van der Waals surface area (Å²) in [6, 6.07) is 2.15. The zero-order chi connectivity index (χ0) is 14.5. The molecule has 0 saturated heterocycles. The maximum atomic E-state index is 12.0. The van der Waals surface area contributed by atoms with Gasteiger partial charge in [0, 0.05) is 12.1 Å². The molecule has 1 saturated carbocycles. The van der Waals surface area contributed by atoms with E-state index in [2.05, 4.69) is 9.73 Å². The fourth-order valence-electron chi connectivity index (χ4n) is 2.51. The van der Waals surface area contributed by atoms with Gasteiger partial charge >= 0.3 is 11.6 Å². The first-order valence-corrected chi connectivity index (χ1v) is 6.70. The summed E-state index contributed by atoms with van der Waals surface area (Å²) in [6.45, 7) is 0. The largest absolute Gasteiger partial charge is 0.481 e. The van der Waals surface area contributed by atoms with Crippen LogP contribution in [-0.2, 0) is 4.79 Å². The highest BCUT2D eigenvalue weighted by atomic mass is 16.4.